The Labute approximate surface area is 167 Å². The van der Waals surface area contributed by atoms with Gasteiger partial charge in [-0.1, -0.05) is 37.3 Å². The highest BCUT2D eigenvalue weighted by molar-refractivity contribution is 14.0. The molecule has 1 aromatic rings. The van der Waals surface area contributed by atoms with Gasteiger partial charge in [-0.25, -0.2) is 0 Å². The van der Waals surface area contributed by atoms with E-state index in [-0.39, 0.29) is 41.8 Å². The summed E-state index contributed by atoms with van der Waals surface area (Å²) >= 11 is 0. The van der Waals surface area contributed by atoms with E-state index in [1.54, 1.807) is 0 Å². The first-order valence-electron chi connectivity index (χ1n) is 8.91. The Balaban J connectivity index is 0.00000225. The van der Waals surface area contributed by atoms with Crippen molar-refractivity contribution in [2.45, 2.75) is 32.2 Å². The predicted octanol–water partition coefficient (Wildman–Crippen LogP) is 2.87. The van der Waals surface area contributed by atoms with Gasteiger partial charge in [-0.2, -0.15) is 0 Å². The van der Waals surface area contributed by atoms with Crippen molar-refractivity contribution in [1.29, 1.82) is 0 Å². The monoisotopic (exact) mass is 456 g/mol. The lowest BCUT2D eigenvalue weighted by Crippen LogP contribution is -2.42. The average molecular weight is 456 g/mol. The number of guanidine groups is 1. The number of hydrogen-bond donors (Lipinski definition) is 1. The van der Waals surface area contributed by atoms with Gasteiger partial charge < -0.3 is 15.5 Å². The van der Waals surface area contributed by atoms with Gasteiger partial charge in [0.1, 0.15) is 0 Å². The van der Waals surface area contributed by atoms with Crippen LogP contribution in [0.2, 0.25) is 0 Å². The van der Waals surface area contributed by atoms with Crippen molar-refractivity contribution in [3.63, 3.8) is 0 Å². The summed E-state index contributed by atoms with van der Waals surface area (Å²) in [6.07, 6.45) is 2.89. The lowest BCUT2D eigenvalue weighted by Gasteiger charge is -2.31. The second-order valence-corrected chi connectivity index (χ2v) is 7.19. The molecule has 5 nitrogen and oxygen atoms in total. The Bertz CT molecular complexity index is 599. The molecule has 2 N–H and O–H groups in total. The number of carbonyl (C=O) groups is 1. The molecule has 1 aromatic carbocycles. The molecule has 0 radical (unpaired) electrons. The average Bonchev–Trinajstić information content (AvgIpc) is 2.88. The number of aliphatic imine (C=N–C) groups is 1. The number of hydrogen-bond acceptors (Lipinski definition) is 2. The number of likely N-dealkylation sites (tertiary alicyclic amines) is 2. The maximum Gasteiger partial charge on any atom is 0.223 e. The van der Waals surface area contributed by atoms with E-state index in [1.165, 1.54) is 18.4 Å². The smallest absolute Gasteiger partial charge is 0.223 e. The van der Waals surface area contributed by atoms with Gasteiger partial charge in [-0.15, -0.1) is 24.0 Å². The van der Waals surface area contributed by atoms with Crippen LogP contribution in [0.25, 0.3) is 0 Å². The molecular formula is C19H29IN4O. The molecule has 138 valence electrons. The fraction of sp³-hybridized carbons (Fsp3) is 0.579. The molecular weight excluding hydrogens is 427 g/mol. The summed E-state index contributed by atoms with van der Waals surface area (Å²) in [6.45, 7) is 4.87. The summed E-state index contributed by atoms with van der Waals surface area (Å²) in [6, 6.07) is 10.3. The standard InChI is InChI=1S/C19H28N4O.HI/c1-14-8-10-23(11-9-14)19(20)21-13-16-12-17(24)22(2)18(16)15-6-4-3-5-7-15;/h3-7,14,16,18H,8-13H2,1-2H3,(H2,20,21);1H. The molecule has 2 unspecified atom stereocenters. The Morgan fingerprint density at radius 1 is 1.24 bits per heavy atom. The number of nitrogens with two attached hydrogens (primary N) is 1. The summed E-state index contributed by atoms with van der Waals surface area (Å²) in [7, 11) is 1.89. The van der Waals surface area contributed by atoms with E-state index in [2.05, 4.69) is 28.9 Å². The third-order valence-electron chi connectivity index (χ3n) is 5.43. The van der Waals surface area contributed by atoms with Crippen LogP contribution in [0.4, 0.5) is 0 Å². The lowest BCUT2D eigenvalue weighted by atomic mass is 9.94. The van der Waals surface area contributed by atoms with Crippen LogP contribution in [0, 0.1) is 11.8 Å². The highest BCUT2D eigenvalue weighted by Gasteiger charge is 2.38. The third kappa shape index (κ3) is 4.65. The summed E-state index contributed by atoms with van der Waals surface area (Å²) in [5, 5.41) is 0. The molecule has 3 rings (SSSR count). The van der Waals surface area contributed by atoms with E-state index in [0.29, 0.717) is 18.9 Å². The van der Waals surface area contributed by atoms with Gasteiger partial charge in [0.05, 0.1) is 6.04 Å². The molecule has 2 atom stereocenters. The SMILES string of the molecule is CC1CCN(C(N)=NCC2CC(=O)N(C)C2c2ccccc2)CC1.I. The molecule has 2 aliphatic rings. The van der Waals surface area contributed by atoms with Gasteiger partial charge in [-0.3, -0.25) is 9.79 Å². The molecule has 2 heterocycles. The zero-order valence-electron chi connectivity index (χ0n) is 15.1. The number of halogens is 1. The minimum absolute atomic E-state index is 0. The quantitative estimate of drug-likeness (QED) is 0.432. The Morgan fingerprint density at radius 3 is 2.52 bits per heavy atom. The number of nitrogens with zero attached hydrogens (tertiary/aromatic N) is 3. The van der Waals surface area contributed by atoms with Crippen LogP contribution in [-0.4, -0.2) is 48.3 Å². The van der Waals surface area contributed by atoms with E-state index in [9.17, 15) is 4.79 Å². The molecule has 2 fully saturated rings. The van der Waals surface area contributed by atoms with Crippen LogP contribution in [-0.2, 0) is 4.79 Å². The Hall–Kier alpha value is -1.31. The second kappa shape index (κ2) is 8.87. The molecule has 6 heteroatoms. The largest absolute Gasteiger partial charge is 0.370 e. The highest BCUT2D eigenvalue weighted by Crippen LogP contribution is 2.37. The maximum atomic E-state index is 12.2. The van der Waals surface area contributed by atoms with Gasteiger partial charge >= 0.3 is 0 Å². The molecule has 0 aliphatic carbocycles. The first-order chi connectivity index (χ1) is 11.6. The minimum Gasteiger partial charge on any atom is -0.370 e. The van der Waals surface area contributed by atoms with Gasteiger partial charge in [0, 0.05) is 39.0 Å². The molecule has 0 bridgehead atoms. The normalized spacial score (nSPS) is 25.2. The first-order valence-corrected chi connectivity index (χ1v) is 8.91. The number of piperidine rings is 1. The second-order valence-electron chi connectivity index (χ2n) is 7.19. The fourth-order valence-electron chi connectivity index (χ4n) is 3.81. The van der Waals surface area contributed by atoms with Crippen molar-refractivity contribution in [1.82, 2.24) is 9.80 Å². The number of amides is 1. The number of benzene rings is 1. The lowest BCUT2D eigenvalue weighted by molar-refractivity contribution is -0.127. The maximum absolute atomic E-state index is 12.2. The van der Waals surface area contributed by atoms with Crippen molar-refractivity contribution < 1.29 is 4.79 Å². The van der Waals surface area contributed by atoms with Crippen molar-refractivity contribution in [3.05, 3.63) is 35.9 Å². The Kier molecular flexibility index (Phi) is 7.10. The van der Waals surface area contributed by atoms with Crippen LogP contribution in [0.15, 0.2) is 35.3 Å². The summed E-state index contributed by atoms with van der Waals surface area (Å²) in [5.41, 5.74) is 7.38. The molecule has 0 saturated carbocycles. The molecule has 25 heavy (non-hydrogen) atoms. The van der Waals surface area contributed by atoms with Crippen molar-refractivity contribution in [2.24, 2.45) is 22.6 Å². The zero-order chi connectivity index (χ0) is 17.1. The topological polar surface area (TPSA) is 61.9 Å². The zero-order valence-corrected chi connectivity index (χ0v) is 17.4. The van der Waals surface area contributed by atoms with Crippen LogP contribution in [0.5, 0.6) is 0 Å². The highest BCUT2D eigenvalue weighted by atomic mass is 127. The minimum atomic E-state index is 0. The third-order valence-corrected chi connectivity index (χ3v) is 5.43. The van der Waals surface area contributed by atoms with Crippen LogP contribution in [0.3, 0.4) is 0 Å². The van der Waals surface area contributed by atoms with Gasteiger partial charge in [0.2, 0.25) is 5.91 Å². The van der Waals surface area contributed by atoms with Gasteiger partial charge in [0.25, 0.3) is 0 Å². The van der Waals surface area contributed by atoms with Crippen molar-refractivity contribution in [2.75, 3.05) is 26.7 Å². The van der Waals surface area contributed by atoms with Crippen molar-refractivity contribution >= 4 is 35.8 Å². The summed E-state index contributed by atoms with van der Waals surface area (Å²) in [4.78, 5) is 20.9. The summed E-state index contributed by atoms with van der Waals surface area (Å²) < 4.78 is 0. The van der Waals surface area contributed by atoms with Gasteiger partial charge in [-0.05, 0) is 24.3 Å². The van der Waals surface area contributed by atoms with Crippen LogP contribution >= 0.6 is 24.0 Å². The van der Waals surface area contributed by atoms with E-state index >= 15 is 0 Å². The molecule has 0 aromatic heterocycles. The first kappa shape index (κ1) is 20.0. The van der Waals surface area contributed by atoms with E-state index in [4.69, 9.17) is 5.73 Å². The summed E-state index contributed by atoms with van der Waals surface area (Å²) in [5.74, 6) is 1.79. The molecule has 1 amide bonds. The molecule has 2 saturated heterocycles. The predicted molar refractivity (Wildman–Crippen MR) is 112 cm³/mol. The fourth-order valence-corrected chi connectivity index (χ4v) is 3.81. The Morgan fingerprint density at radius 2 is 1.88 bits per heavy atom. The molecule has 0 spiro atoms. The van der Waals surface area contributed by atoms with Gasteiger partial charge in [0.15, 0.2) is 5.96 Å². The number of rotatable bonds is 3. The van der Waals surface area contributed by atoms with E-state index in [1.807, 2.05) is 30.1 Å². The van der Waals surface area contributed by atoms with E-state index in [0.717, 1.165) is 19.0 Å². The van der Waals surface area contributed by atoms with Crippen molar-refractivity contribution in [3.8, 4) is 0 Å². The van der Waals surface area contributed by atoms with E-state index < -0.39 is 0 Å². The number of carbonyl (C=O) groups excluding carboxylic acids is 1. The molecule has 2 aliphatic heterocycles. The van der Waals surface area contributed by atoms with Crippen LogP contribution in [0.1, 0.15) is 37.8 Å². The van der Waals surface area contributed by atoms with Crippen LogP contribution < -0.4 is 5.73 Å².